The molecule has 16 heavy (non-hydrogen) atoms. The monoisotopic (exact) mass is 240 g/mol. The van der Waals surface area contributed by atoms with Crippen LogP contribution in [0.15, 0.2) is 18.3 Å². The molecular weight excluding hydrogens is 220 g/mol. The standard InChI is InChI=1S/C13H21ClN2/c1-4-13(5-2,9-14)10-16-12-8-11(3)6-7-15-12/h6-8H,4-5,9-10H2,1-3H3,(H,15,16). The molecule has 0 amide bonds. The molecule has 1 heterocycles. The van der Waals surface area contributed by atoms with Gasteiger partial charge in [-0.05, 0) is 37.5 Å². The Bertz CT molecular complexity index is 313. The van der Waals surface area contributed by atoms with Crippen LogP contribution >= 0.6 is 11.6 Å². The molecule has 1 aromatic rings. The minimum Gasteiger partial charge on any atom is -0.369 e. The van der Waals surface area contributed by atoms with Crippen LogP contribution in [0, 0.1) is 12.3 Å². The van der Waals surface area contributed by atoms with E-state index in [-0.39, 0.29) is 5.41 Å². The quantitative estimate of drug-likeness (QED) is 0.764. The molecule has 0 unspecified atom stereocenters. The number of anilines is 1. The van der Waals surface area contributed by atoms with E-state index < -0.39 is 0 Å². The van der Waals surface area contributed by atoms with Gasteiger partial charge in [-0.15, -0.1) is 11.6 Å². The third-order valence-corrected chi connectivity index (χ3v) is 3.91. The van der Waals surface area contributed by atoms with Gasteiger partial charge in [0.25, 0.3) is 0 Å². The van der Waals surface area contributed by atoms with E-state index in [2.05, 4.69) is 37.1 Å². The Hall–Kier alpha value is -0.760. The molecule has 90 valence electrons. The van der Waals surface area contributed by atoms with Crippen molar-refractivity contribution in [1.29, 1.82) is 0 Å². The van der Waals surface area contributed by atoms with Crippen molar-refractivity contribution >= 4 is 17.4 Å². The SMILES string of the molecule is CCC(CC)(CCl)CNc1cc(C)ccn1. The Morgan fingerprint density at radius 1 is 1.38 bits per heavy atom. The van der Waals surface area contributed by atoms with Crippen LogP contribution in [0.2, 0.25) is 0 Å². The molecule has 0 saturated carbocycles. The number of aromatic nitrogens is 1. The number of nitrogens with one attached hydrogen (secondary N) is 1. The Balaban J connectivity index is 2.62. The first-order valence-electron chi connectivity index (χ1n) is 5.88. The number of alkyl halides is 1. The highest BCUT2D eigenvalue weighted by Crippen LogP contribution is 2.28. The lowest BCUT2D eigenvalue weighted by Gasteiger charge is -2.29. The first-order valence-corrected chi connectivity index (χ1v) is 6.41. The summed E-state index contributed by atoms with van der Waals surface area (Å²) in [7, 11) is 0. The number of hydrogen-bond donors (Lipinski definition) is 1. The summed E-state index contributed by atoms with van der Waals surface area (Å²) < 4.78 is 0. The summed E-state index contributed by atoms with van der Waals surface area (Å²) in [5.74, 6) is 1.63. The largest absolute Gasteiger partial charge is 0.369 e. The normalized spacial score (nSPS) is 11.5. The van der Waals surface area contributed by atoms with Gasteiger partial charge in [0, 0.05) is 24.0 Å². The molecule has 0 aliphatic heterocycles. The number of hydrogen-bond acceptors (Lipinski definition) is 2. The second-order valence-electron chi connectivity index (χ2n) is 4.41. The van der Waals surface area contributed by atoms with Crippen LogP contribution < -0.4 is 5.32 Å². The van der Waals surface area contributed by atoms with Gasteiger partial charge in [0.1, 0.15) is 5.82 Å². The van der Waals surface area contributed by atoms with Gasteiger partial charge >= 0.3 is 0 Å². The fourth-order valence-corrected chi connectivity index (χ4v) is 2.12. The highest BCUT2D eigenvalue weighted by molar-refractivity contribution is 6.18. The van der Waals surface area contributed by atoms with Crippen LogP contribution in [0.5, 0.6) is 0 Å². The van der Waals surface area contributed by atoms with E-state index in [1.807, 2.05) is 12.3 Å². The maximum absolute atomic E-state index is 6.06. The molecule has 0 atom stereocenters. The fourth-order valence-electron chi connectivity index (χ4n) is 1.65. The highest BCUT2D eigenvalue weighted by Gasteiger charge is 2.24. The zero-order valence-corrected chi connectivity index (χ0v) is 11.1. The number of nitrogens with zero attached hydrogens (tertiary/aromatic N) is 1. The summed E-state index contributed by atoms with van der Waals surface area (Å²) >= 11 is 6.06. The van der Waals surface area contributed by atoms with Gasteiger partial charge in [0.15, 0.2) is 0 Å². The van der Waals surface area contributed by atoms with Crippen LogP contribution in [0.4, 0.5) is 5.82 Å². The zero-order valence-electron chi connectivity index (χ0n) is 10.4. The minimum atomic E-state index is 0.187. The van der Waals surface area contributed by atoms with Crippen molar-refractivity contribution in [3.05, 3.63) is 23.9 Å². The average Bonchev–Trinajstić information content (AvgIpc) is 2.32. The van der Waals surface area contributed by atoms with E-state index in [4.69, 9.17) is 11.6 Å². The van der Waals surface area contributed by atoms with Crippen molar-refractivity contribution in [2.45, 2.75) is 33.6 Å². The van der Waals surface area contributed by atoms with E-state index in [1.54, 1.807) is 0 Å². The van der Waals surface area contributed by atoms with Gasteiger partial charge in [-0.2, -0.15) is 0 Å². The number of halogens is 1. The Labute approximate surface area is 103 Å². The summed E-state index contributed by atoms with van der Waals surface area (Å²) in [5, 5.41) is 3.38. The lowest BCUT2D eigenvalue weighted by atomic mass is 9.84. The van der Waals surface area contributed by atoms with Gasteiger partial charge in [-0.25, -0.2) is 4.98 Å². The van der Waals surface area contributed by atoms with Crippen molar-refractivity contribution < 1.29 is 0 Å². The Kier molecular flexibility index (Phi) is 5.07. The molecular formula is C13H21ClN2. The maximum Gasteiger partial charge on any atom is 0.126 e. The highest BCUT2D eigenvalue weighted by atomic mass is 35.5. The van der Waals surface area contributed by atoms with Crippen molar-refractivity contribution in [3.8, 4) is 0 Å². The van der Waals surface area contributed by atoms with Crippen molar-refractivity contribution in [1.82, 2.24) is 4.98 Å². The molecule has 0 bridgehead atoms. The minimum absolute atomic E-state index is 0.187. The summed E-state index contributed by atoms with van der Waals surface area (Å²) in [4.78, 5) is 4.29. The topological polar surface area (TPSA) is 24.9 Å². The van der Waals surface area contributed by atoms with Crippen molar-refractivity contribution in [3.63, 3.8) is 0 Å². The molecule has 3 heteroatoms. The van der Waals surface area contributed by atoms with Crippen molar-refractivity contribution in [2.24, 2.45) is 5.41 Å². The second kappa shape index (κ2) is 6.09. The molecule has 1 aromatic heterocycles. The van der Waals surface area contributed by atoms with E-state index in [0.29, 0.717) is 5.88 Å². The zero-order chi connectivity index (χ0) is 12.0. The molecule has 2 nitrogen and oxygen atoms in total. The second-order valence-corrected chi connectivity index (χ2v) is 4.68. The predicted octanol–water partition coefficient (Wildman–Crippen LogP) is 3.85. The summed E-state index contributed by atoms with van der Waals surface area (Å²) in [6.45, 7) is 7.34. The third-order valence-electron chi connectivity index (χ3n) is 3.34. The van der Waals surface area contributed by atoms with Crippen LogP contribution in [0.3, 0.4) is 0 Å². The van der Waals surface area contributed by atoms with Gasteiger partial charge in [-0.1, -0.05) is 13.8 Å². The molecule has 0 aliphatic carbocycles. The van der Waals surface area contributed by atoms with Crippen LogP contribution in [-0.2, 0) is 0 Å². The van der Waals surface area contributed by atoms with Crippen molar-refractivity contribution in [2.75, 3.05) is 17.7 Å². The molecule has 0 radical (unpaired) electrons. The van der Waals surface area contributed by atoms with E-state index in [1.165, 1.54) is 5.56 Å². The van der Waals surface area contributed by atoms with Gasteiger partial charge < -0.3 is 5.32 Å². The van der Waals surface area contributed by atoms with Crippen LogP contribution in [-0.4, -0.2) is 17.4 Å². The van der Waals surface area contributed by atoms with Gasteiger partial charge in [0.05, 0.1) is 0 Å². The lowest BCUT2D eigenvalue weighted by molar-refractivity contribution is 0.326. The molecule has 0 aliphatic rings. The molecule has 1 rings (SSSR count). The smallest absolute Gasteiger partial charge is 0.126 e. The number of pyridine rings is 1. The lowest BCUT2D eigenvalue weighted by Crippen LogP contribution is -2.30. The number of rotatable bonds is 6. The summed E-state index contributed by atoms with van der Waals surface area (Å²) in [6.07, 6.45) is 4.01. The van der Waals surface area contributed by atoms with E-state index >= 15 is 0 Å². The predicted molar refractivity (Wildman–Crippen MR) is 71.2 cm³/mol. The van der Waals surface area contributed by atoms with E-state index in [0.717, 1.165) is 25.2 Å². The Morgan fingerprint density at radius 2 is 2.06 bits per heavy atom. The molecule has 1 N–H and O–H groups in total. The van der Waals surface area contributed by atoms with Gasteiger partial charge in [0.2, 0.25) is 0 Å². The molecule has 0 spiro atoms. The average molecular weight is 241 g/mol. The third kappa shape index (κ3) is 3.38. The molecule has 0 aromatic carbocycles. The van der Waals surface area contributed by atoms with E-state index in [9.17, 15) is 0 Å². The van der Waals surface area contributed by atoms with Gasteiger partial charge in [-0.3, -0.25) is 0 Å². The van der Waals surface area contributed by atoms with Crippen LogP contribution in [0.1, 0.15) is 32.3 Å². The Morgan fingerprint density at radius 3 is 2.56 bits per heavy atom. The van der Waals surface area contributed by atoms with Crippen LogP contribution in [0.25, 0.3) is 0 Å². The summed E-state index contributed by atoms with van der Waals surface area (Å²) in [5.41, 5.74) is 1.41. The maximum atomic E-state index is 6.06. The summed E-state index contributed by atoms with van der Waals surface area (Å²) in [6, 6.07) is 4.06. The fraction of sp³-hybridized carbons (Fsp3) is 0.615. The first-order chi connectivity index (χ1) is 7.65. The molecule has 0 saturated heterocycles. The first kappa shape index (κ1) is 13.3. The number of aryl methyl sites for hydroxylation is 1. The molecule has 0 fully saturated rings.